The zero-order valence-corrected chi connectivity index (χ0v) is 20.2. The highest BCUT2D eigenvalue weighted by Crippen LogP contribution is 2.67. The van der Waals surface area contributed by atoms with E-state index in [1.54, 1.807) is 13.8 Å². The van der Waals surface area contributed by atoms with E-state index in [0.717, 1.165) is 29.2 Å². The molecule has 0 unspecified atom stereocenters. The van der Waals surface area contributed by atoms with E-state index < -0.39 is 42.5 Å². The van der Waals surface area contributed by atoms with Gasteiger partial charge in [-0.3, -0.25) is 4.90 Å². The van der Waals surface area contributed by atoms with Crippen molar-refractivity contribution in [1.82, 2.24) is 4.90 Å². The number of alkyl halides is 2. The van der Waals surface area contributed by atoms with Gasteiger partial charge in [-0.05, 0) is 65.8 Å². The molecule has 0 aliphatic heterocycles. The summed E-state index contributed by atoms with van der Waals surface area (Å²) < 4.78 is 68.6. The van der Waals surface area contributed by atoms with Crippen LogP contribution in [0.1, 0.15) is 48.5 Å². The van der Waals surface area contributed by atoms with Crippen LogP contribution in [0.4, 0.5) is 13.6 Å². The van der Waals surface area contributed by atoms with Gasteiger partial charge in [0.1, 0.15) is 17.4 Å². The summed E-state index contributed by atoms with van der Waals surface area (Å²) in [5.74, 6) is -0.983. The molecule has 0 spiro atoms. The highest BCUT2D eigenvalue weighted by Gasteiger charge is 2.57. The Balaban J connectivity index is 2.95. The van der Waals surface area contributed by atoms with E-state index in [0.29, 0.717) is 0 Å². The second kappa shape index (κ2) is 11.8. The third-order valence-corrected chi connectivity index (χ3v) is 5.42. The molecule has 33 heavy (non-hydrogen) atoms. The summed E-state index contributed by atoms with van der Waals surface area (Å²) >= 11 is 0. The fourth-order valence-electron chi connectivity index (χ4n) is 2.06. The molecule has 0 bridgehead atoms. The Morgan fingerprint density at radius 1 is 1.12 bits per heavy atom. The Bertz CT molecular complexity index is 858. The van der Waals surface area contributed by atoms with Gasteiger partial charge in [-0.25, -0.2) is 23.9 Å². The Hall–Kier alpha value is -2.11. The zero-order chi connectivity index (χ0) is 26.2. The van der Waals surface area contributed by atoms with Gasteiger partial charge in [0, 0.05) is 14.0 Å². The van der Waals surface area contributed by atoms with Gasteiger partial charge in [0.15, 0.2) is 0 Å². The summed E-state index contributed by atoms with van der Waals surface area (Å²) in [6.07, 6.45) is -0.837. The van der Waals surface area contributed by atoms with E-state index in [-0.39, 0.29) is 25.9 Å². The Morgan fingerprint density at radius 3 is 2.09 bits per heavy atom. The summed E-state index contributed by atoms with van der Waals surface area (Å²) in [5, 5.41) is 0. The maximum absolute atomic E-state index is 14.9. The van der Waals surface area contributed by atoms with Crippen molar-refractivity contribution in [3.63, 3.8) is 0 Å². The van der Waals surface area contributed by atoms with Crippen molar-refractivity contribution in [3.8, 4) is 5.75 Å². The van der Waals surface area contributed by atoms with Crippen LogP contribution in [0, 0.1) is 0 Å². The van der Waals surface area contributed by atoms with E-state index in [1.807, 2.05) is 0 Å². The maximum atomic E-state index is 14.9. The van der Waals surface area contributed by atoms with Gasteiger partial charge in [0.05, 0.1) is 13.2 Å². The average molecular weight is 498 g/mol. The molecule has 0 saturated carbocycles. The van der Waals surface area contributed by atoms with Crippen LogP contribution >= 0.6 is 7.60 Å². The molecule has 0 aliphatic rings. The van der Waals surface area contributed by atoms with E-state index in [9.17, 15) is 22.9 Å². The number of amides is 1. The predicted molar refractivity (Wildman–Crippen MR) is 112 cm³/mol. The number of esters is 1. The van der Waals surface area contributed by atoms with Crippen molar-refractivity contribution < 1.29 is 52.9 Å². The van der Waals surface area contributed by atoms with Gasteiger partial charge in [0.25, 0.3) is 0 Å². The van der Waals surface area contributed by atoms with Crippen molar-refractivity contribution in [3.05, 3.63) is 29.8 Å². The van der Waals surface area contributed by atoms with Crippen LogP contribution in [-0.2, 0) is 38.9 Å². The standard InChI is InChI=1S/C20H30F2NO9P/c1-8-27-31-33(26,32-28-9-2)20(21,22)15-10-12-16(13-11-15)29-17(24)14(3)23(7)18(25)30-19(4,5)6/h10-14H,8-9H2,1-7H3/t14-/m0/s1/i4D. The van der Waals surface area contributed by atoms with Crippen molar-refractivity contribution >= 4 is 19.7 Å². The predicted octanol–water partition coefficient (Wildman–Crippen LogP) is 5.03. The molecule has 1 amide bonds. The van der Waals surface area contributed by atoms with Crippen LogP contribution in [0.25, 0.3) is 0 Å². The van der Waals surface area contributed by atoms with Crippen LogP contribution in [0.3, 0.4) is 0 Å². The number of hydrogen-bond donors (Lipinski definition) is 0. The minimum Gasteiger partial charge on any atom is -0.444 e. The lowest BCUT2D eigenvalue weighted by atomic mass is 10.2. The summed E-state index contributed by atoms with van der Waals surface area (Å²) in [6.45, 7) is 6.80. The number of nitrogens with zero attached hydrogens (tertiary/aromatic N) is 1. The smallest absolute Gasteiger partial charge is 0.444 e. The molecule has 0 saturated heterocycles. The SMILES string of the molecule is [2H]CC(C)(C)OC(=O)N(C)[C@@H](C)C(=O)Oc1ccc(C(F)(F)P(=O)(OOCC)OOCC)cc1. The first-order valence-electron chi connectivity index (χ1n) is 10.6. The van der Waals surface area contributed by atoms with E-state index in [4.69, 9.17) is 10.8 Å². The average Bonchev–Trinajstić information content (AvgIpc) is 2.80. The lowest BCUT2D eigenvalue weighted by Gasteiger charge is -2.27. The van der Waals surface area contributed by atoms with Gasteiger partial charge in [0.2, 0.25) is 0 Å². The highest BCUT2D eigenvalue weighted by molar-refractivity contribution is 7.54. The zero-order valence-electron chi connectivity index (χ0n) is 20.3. The van der Waals surface area contributed by atoms with Gasteiger partial charge in [-0.1, -0.05) is 0 Å². The van der Waals surface area contributed by atoms with Crippen molar-refractivity contribution in [1.29, 1.82) is 0 Å². The molecule has 0 radical (unpaired) electrons. The number of likely N-dealkylation sites (N-methyl/N-ethyl adjacent to an activating group) is 1. The lowest BCUT2D eigenvalue weighted by Crippen LogP contribution is -2.44. The summed E-state index contributed by atoms with van der Waals surface area (Å²) in [6, 6.07) is 2.72. The third-order valence-electron chi connectivity index (χ3n) is 3.88. The van der Waals surface area contributed by atoms with Crippen molar-refractivity contribution in [2.24, 2.45) is 0 Å². The molecule has 0 fully saturated rings. The Morgan fingerprint density at radius 2 is 1.64 bits per heavy atom. The summed E-state index contributed by atoms with van der Waals surface area (Å²) in [4.78, 5) is 34.4. The first kappa shape index (κ1) is 27.1. The van der Waals surface area contributed by atoms with Gasteiger partial charge >= 0.3 is 25.3 Å². The molecule has 10 nitrogen and oxygen atoms in total. The normalized spacial score (nSPS) is 13.8. The second-order valence-corrected chi connectivity index (χ2v) is 9.22. The molecular formula is C20H30F2NO9P. The summed E-state index contributed by atoms with van der Waals surface area (Å²) in [5.41, 5.74) is -5.99. The van der Waals surface area contributed by atoms with Crippen LogP contribution in [-0.4, -0.2) is 48.9 Å². The van der Waals surface area contributed by atoms with Crippen LogP contribution < -0.4 is 4.74 Å². The molecule has 0 aromatic heterocycles. The highest BCUT2D eigenvalue weighted by atomic mass is 31.2. The number of halogens is 2. The molecule has 0 N–H and O–H groups in total. The third kappa shape index (κ3) is 8.01. The lowest BCUT2D eigenvalue weighted by molar-refractivity contribution is -0.275. The molecule has 1 aromatic rings. The molecule has 0 aliphatic carbocycles. The van der Waals surface area contributed by atoms with Gasteiger partial charge in [-0.2, -0.15) is 8.78 Å². The Kier molecular flexibility index (Phi) is 9.74. The number of carbonyl (C=O) groups excluding carboxylic acids is 2. The van der Waals surface area contributed by atoms with Crippen LogP contribution in [0.15, 0.2) is 24.3 Å². The maximum Gasteiger partial charge on any atom is 0.457 e. The van der Waals surface area contributed by atoms with Gasteiger partial charge in [-0.15, -0.1) is 9.35 Å². The Labute approximate surface area is 192 Å². The summed E-state index contributed by atoms with van der Waals surface area (Å²) in [7, 11) is -3.93. The fourth-order valence-corrected chi connectivity index (χ4v) is 3.22. The number of hydrogen-bond acceptors (Lipinski definition) is 9. The van der Waals surface area contributed by atoms with E-state index in [2.05, 4.69) is 19.1 Å². The van der Waals surface area contributed by atoms with Crippen LogP contribution in [0.5, 0.6) is 5.75 Å². The van der Waals surface area contributed by atoms with Crippen molar-refractivity contribution in [2.45, 2.75) is 58.8 Å². The number of carbonyl (C=O) groups is 2. The second-order valence-electron chi connectivity index (χ2n) is 7.36. The van der Waals surface area contributed by atoms with E-state index >= 15 is 0 Å². The molecule has 1 atom stereocenters. The first-order chi connectivity index (χ1) is 15.7. The largest absolute Gasteiger partial charge is 0.457 e. The minimum absolute atomic E-state index is 0.115. The van der Waals surface area contributed by atoms with Crippen LogP contribution in [0.2, 0.25) is 0 Å². The topological polar surface area (TPSA) is 110 Å². The molecule has 1 aromatic carbocycles. The number of rotatable bonds is 11. The molecule has 1 rings (SSSR count). The first-order valence-corrected chi connectivity index (χ1v) is 11.5. The molecular weight excluding hydrogens is 467 g/mol. The van der Waals surface area contributed by atoms with E-state index in [1.165, 1.54) is 27.8 Å². The number of ether oxygens (including phenoxy) is 2. The van der Waals surface area contributed by atoms with Gasteiger partial charge < -0.3 is 9.47 Å². The fraction of sp³-hybridized carbons (Fsp3) is 0.600. The number of benzene rings is 1. The molecule has 188 valence electrons. The monoisotopic (exact) mass is 498 g/mol. The molecule has 0 heterocycles. The quantitative estimate of drug-likeness (QED) is 0.136. The van der Waals surface area contributed by atoms with Crippen molar-refractivity contribution in [2.75, 3.05) is 20.3 Å². The minimum atomic E-state index is -5.24. The molecule has 13 heteroatoms.